The maximum absolute atomic E-state index is 10.3. The second kappa shape index (κ2) is 8.12. The van der Waals surface area contributed by atoms with Gasteiger partial charge in [-0.2, -0.15) is 0 Å². The highest BCUT2D eigenvalue weighted by Gasteiger charge is 2.43. The van der Waals surface area contributed by atoms with E-state index in [1.165, 1.54) is 0 Å². The molecule has 0 bridgehead atoms. The van der Waals surface area contributed by atoms with Crippen molar-refractivity contribution in [1.82, 2.24) is 0 Å². The lowest BCUT2D eigenvalue weighted by atomic mass is 9.83. The molecule has 1 heterocycles. The molecule has 1 aromatic carbocycles. The molecule has 2 fully saturated rings. The summed E-state index contributed by atoms with van der Waals surface area (Å²) in [5, 5.41) is 49.1. The van der Waals surface area contributed by atoms with Crippen LogP contribution in [0.4, 0.5) is 0 Å². The quantitative estimate of drug-likeness (QED) is 0.533. The Bertz CT molecular complexity index is 555. The van der Waals surface area contributed by atoms with Gasteiger partial charge in [0.05, 0.1) is 12.7 Å². The number of ether oxygens (including phenoxy) is 1. The molecule has 140 valence electrons. The van der Waals surface area contributed by atoms with Crippen LogP contribution in [0.3, 0.4) is 0 Å². The van der Waals surface area contributed by atoms with Crippen LogP contribution in [-0.2, 0) is 11.2 Å². The van der Waals surface area contributed by atoms with Crippen molar-refractivity contribution in [2.45, 2.75) is 68.7 Å². The highest BCUT2D eigenvalue weighted by atomic mass is 16.5. The molecule has 25 heavy (non-hydrogen) atoms. The number of rotatable bonds is 4. The van der Waals surface area contributed by atoms with Gasteiger partial charge in [-0.1, -0.05) is 24.3 Å². The number of benzene rings is 1. The Morgan fingerprint density at radius 2 is 1.64 bits per heavy atom. The van der Waals surface area contributed by atoms with Crippen LogP contribution in [0.2, 0.25) is 0 Å². The smallest absolute Gasteiger partial charge is 0.113 e. The van der Waals surface area contributed by atoms with Crippen molar-refractivity contribution < 1.29 is 30.3 Å². The van der Waals surface area contributed by atoms with E-state index in [2.05, 4.69) is 0 Å². The van der Waals surface area contributed by atoms with Crippen molar-refractivity contribution in [3.05, 3.63) is 35.4 Å². The molecular weight excluding hydrogens is 324 g/mol. The van der Waals surface area contributed by atoms with E-state index in [1.54, 1.807) is 0 Å². The monoisotopic (exact) mass is 352 g/mol. The highest BCUT2D eigenvalue weighted by molar-refractivity contribution is 5.27. The van der Waals surface area contributed by atoms with E-state index in [0.717, 1.165) is 43.2 Å². The highest BCUT2D eigenvalue weighted by Crippen LogP contribution is 2.33. The lowest BCUT2D eigenvalue weighted by molar-refractivity contribution is -0.231. The van der Waals surface area contributed by atoms with E-state index in [1.807, 2.05) is 24.3 Å². The van der Waals surface area contributed by atoms with Gasteiger partial charge in [0.25, 0.3) is 0 Å². The summed E-state index contributed by atoms with van der Waals surface area (Å²) in [6.07, 6.45) is -1.21. The zero-order valence-corrected chi connectivity index (χ0v) is 14.2. The molecule has 5 N–H and O–H groups in total. The Kier molecular flexibility index (Phi) is 6.09. The molecule has 1 saturated heterocycles. The summed E-state index contributed by atoms with van der Waals surface area (Å²) < 4.78 is 5.63. The van der Waals surface area contributed by atoms with Gasteiger partial charge >= 0.3 is 0 Å². The van der Waals surface area contributed by atoms with Gasteiger partial charge in [0, 0.05) is 0 Å². The van der Waals surface area contributed by atoms with E-state index in [4.69, 9.17) is 4.74 Å². The largest absolute Gasteiger partial charge is 0.394 e. The van der Waals surface area contributed by atoms with Gasteiger partial charge in [-0.3, -0.25) is 0 Å². The van der Waals surface area contributed by atoms with Crippen molar-refractivity contribution in [2.24, 2.45) is 5.92 Å². The second-order valence-electron chi connectivity index (χ2n) is 7.37. The van der Waals surface area contributed by atoms with Crippen molar-refractivity contribution in [2.75, 3.05) is 6.61 Å². The molecule has 0 spiro atoms. The molecule has 1 saturated carbocycles. The Hall–Kier alpha value is -1.02. The van der Waals surface area contributed by atoms with E-state index < -0.39 is 37.1 Å². The predicted molar refractivity (Wildman–Crippen MR) is 90.8 cm³/mol. The molecule has 6 heteroatoms. The summed E-state index contributed by atoms with van der Waals surface area (Å²) in [6.45, 7) is -0.425. The van der Waals surface area contributed by atoms with Gasteiger partial charge in [0.1, 0.15) is 30.5 Å². The summed E-state index contributed by atoms with van der Waals surface area (Å²) >= 11 is 0. The molecule has 6 nitrogen and oxygen atoms in total. The first kappa shape index (κ1) is 18.8. The number of aliphatic hydroxyl groups excluding tert-OH is 5. The van der Waals surface area contributed by atoms with E-state index >= 15 is 0 Å². The third-order valence-electron chi connectivity index (χ3n) is 5.51. The average molecular weight is 352 g/mol. The Morgan fingerprint density at radius 3 is 2.32 bits per heavy atom. The summed E-state index contributed by atoms with van der Waals surface area (Å²) in [5.41, 5.74) is 1.85. The zero-order valence-electron chi connectivity index (χ0n) is 14.2. The van der Waals surface area contributed by atoms with Gasteiger partial charge in [0.15, 0.2) is 0 Å². The predicted octanol–water partition coefficient (Wildman–Crippen LogP) is 0.295. The Labute approximate surface area is 147 Å². The lowest BCUT2D eigenvalue weighted by Crippen LogP contribution is -2.55. The molecule has 1 aliphatic heterocycles. The molecule has 0 unspecified atom stereocenters. The molecule has 1 aliphatic carbocycles. The van der Waals surface area contributed by atoms with E-state index in [-0.39, 0.29) is 6.10 Å². The molecule has 1 aromatic rings. The van der Waals surface area contributed by atoms with Crippen molar-refractivity contribution in [1.29, 1.82) is 0 Å². The molecule has 3 rings (SSSR count). The van der Waals surface area contributed by atoms with Crippen molar-refractivity contribution in [3.8, 4) is 0 Å². The van der Waals surface area contributed by atoms with Crippen LogP contribution in [0.25, 0.3) is 0 Å². The molecule has 5 atom stereocenters. The molecule has 0 radical (unpaired) electrons. The van der Waals surface area contributed by atoms with Gasteiger partial charge in [-0.05, 0) is 49.1 Å². The molecule has 2 aliphatic rings. The third-order valence-corrected chi connectivity index (χ3v) is 5.51. The Morgan fingerprint density at radius 1 is 0.920 bits per heavy atom. The van der Waals surface area contributed by atoms with Crippen LogP contribution in [-0.4, -0.2) is 62.7 Å². The summed E-state index contributed by atoms with van der Waals surface area (Å²) in [6, 6.07) is 7.70. The first-order valence-electron chi connectivity index (χ1n) is 9.07. The maximum atomic E-state index is 10.3. The summed E-state index contributed by atoms with van der Waals surface area (Å²) in [7, 11) is 0. The second-order valence-corrected chi connectivity index (χ2v) is 7.37. The van der Waals surface area contributed by atoms with Crippen molar-refractivity contribution in [3.63, 3.8) is 0 Å². The number of aliphatic hydroxyl groups is 5. The minimum absolute atomic E-state index is 0.170. The minimum Gasteiger partial charge on any atom is -0.394 e. The zero-order chi connectivity index (χ0) is 18.0. The van der Waals surface area contributed by atoms with Crippen LogP contribution in [0, 0.1) is 5.92 Å². The van der Waals surface area contributed by atoms with Crippen molar-refractivity contribution >= 4 is 0 Å². The minimum atomic E-state index is -1.36. The average Bonchev–Trinajstić information content (AvgIpc) is 2.62. The van der Waals surface area contributed by atoms with Gasteiger partial charge < -0.3 is 30.3 Å². The first-order chi connectivity index (χ1) is 12.0. The van der Waals surface area contributed by atoms with E-state index in [0.29, 0.717) is 5.92 Å². The van der Waals surface area contributed by atoms with Crippen LogP contribution in [0.1, 0.15) is 42.9 Å². The fraction of sp³-hybridized carbons (Fsp3) is 0.684. The molecule has 0 aromatic heterocycles. The third kappa shape index (κ3) is 4.22. The topological polar surface area (TPSA) is 110 Å². The Balaban J connectivity index is 1.72. The maximum Gasteiger partial charge on any atom is 0.113 e. The van der Waals surface area contributed by atoms with Gasteiger partial charge in [-0.15, -0.1) is 0 Å². The van der Waals surface area contributed by atoms with Crippen LogP contribution in [0.5, 0.6) is 0 Å². The van der Waals surface area contributed by atoms with Crippen LogP contribution < -0.4 is 0 Å². The SMILES string of the molecule is OC[C@H]1O[C@@H](c2cccc(CC3CCC(O)CC3)c2)[C@H](O)[C@@H](O)[C@@H]1O. The van der Waals surface area contributed by atoms with Gasteiger partial charge in [-0.25, -0.2) is 0 Å². The fourth-order valence-electron chi connectivity index (χ4n) is 3.96. The number of hydrogen-bond donors (Lipinski definition) is 5. The molecule has 0 amide bonds. The van der Waals surface area contributed by atoms with Gasteiger partial charge in [0.2, 0.25) is 0 Å². The first-order valence-corrected chi connectivity index (χ1v) is 9.07. The number of hydrogen-bond acceptors (Lipinski definition) is 6. The van der Waals surface area contributed by atoms with Crippen LogP contribution in [0.15, 0.2) is 24.3 Å². The van der Waals surface area contributed by atoms with Crippen LogP contribution >= 0.6 is 0 Å². The molecular formula is C19H28O6. The lowest BCUT2D eigenvalue weighted by Gasteiger charge is -2.40. The summed E-state index contributed by atoms with van der Waals surface area (Å²) in [5.74, 6) is 0.536. The fourth-order valence-corrected chi connectivity index (χ4v) is 3.96. The normalized spacial score (nSPS) is 39.3. The standard InChI is InChI=1S/C19H28O6/c20-10-15-16(22)17(23)18(24)19(25-15)13-3-1-2-12(9-13)8-11-4-6-14(21)7-5-11/h1-3,9,11,14-24H,4-8,10H2/t11?,14?,15-,16-,17+,18-,19+/m1/s1. The summed E-state index contributed by atoms with van der Waals surface area (Å²) in [4.78, 5) is 0. The van der Waals surface area contributed by atoms with E-state index in [9.17, 15) is 25.5 Å².